The number of aromatic nitrogens is 1. The molecule has 154 valence electrons. The normalized spacial score (nSPS) is 27.1. The fourth-order valence-corrected chi connectivity index (χ4v) is 4.57. The van der Waals surface area contributed by atoms with Gasteiger partial charge in [0.1, 0.15) is 0 Å². The molecule has 0 saturated carbocycles. The largest absolute Gasteiger partial charge is 0.391 e. The summed E-state index contributed by atoms with van der Waals surface area (Å²) >= 11 is 0. The van der Waals surface area contributed by atoms with Crippen molar-refractivity contribution in [1.29, 1.82) is 0 Å². The Kier molecular flexibility index (Phi) is 5.41. The zero-order valence-electron chi connectivity index (χ0n) is 16.6. The van der Waals surface area contributed by atoms with Gasteiger partial charge in [-0.3, -0.25) is 9.59 Å². The molecule has 2 amide bonds. The lowest BCUT2D eigenvalue weighted by atomic mass is 9.70. The number of likely N-dealkylation sites (tertiary alicyclic amines) is 1. The predicted molar refractivity (Wildman–Crippen MR) is 106 cm³/mol. The molecule has 2 N–H and O–H groups in total. The molecular weight excluding hydrogens is 370 g/mol. The number of carbonyl (C=O) groups is 2. The van der Waals surface area contributed by atoms with E-state index in [-0.39, 0.29) is 24.1 Å². The number of hydrogen-bond acceptors (Lipinski definition) is 5. The molecule has 2 fully saturated rings. The van der Waals surface area contributed by atoms with Gasteiger partial charge in [-0.2, -0.15) is 0 Å². The summed E-state index contributed by atoms with van der Waals surface area (Å²) in [5.41, 5.74) is 0.876. The molecule has 29 heavy (non-hydrogen) atoms. The average molecular weight is 397 g/mol. The minimum absolute atomic E-state index is 0.0987. The minimum atomic E-state index is -0.773. The molecule has 2 saturated heterocycles. The minimum Gasteiger partial charge on any atom is -0.391 e. The number of nitrogens with zero attached hydrogens (tertiary/aromatic N) is 2. The summed E-state index contributed by atoms with van der Waals surface area (Å²) in [4.78, 5) is 27.7. The van der Waals surface area contributed by atoms with Gasteiger partial charge in [0.15, 0.2) is 0 Å². The van der Waals surface area contributed by atoms with Crippen molar-refractivity contribution in [3.05, 3.63) is 53.4 Å². The fourth-order valence-electron chi connectivity index (χ4n) is 4.57. The maximum atomic E-state index is 13.1. The highest BCUT2D eigenvalue weighted by molar-refractivity contribution is 5.92. The molecule has 0 aliphatic carbocycles. The highest BCUT2D eigenvalue weighted by Gasteiger charge is 2.50. The van der Waals surface area contributed by atoms with Gasteiger partial charge in [0, 0.05) is 19.2 Å². The monoisotopic (exact) mass is 397 g/mol. The summed E-state index contributed by atoms with van der Waals surface area (Å²) in [7, 11) is 0. The van der Waals surface area contributed by atoms with Gasteiger partial charge >= 0.3 is 0 Å². The van der Waals surface area contributed by atoms with Gasteiger partial charge in [0.25, 0.3) is 5.91 Å². The van der Waals surface area contributed by atoms with Crippen LogP contribution in [0.4, 0.5) is 0 Å². The second kappa shape index (κ2) is 7.99. The van der Waals surface area contributed by atoms with Gasteiger partial charge < -0.3 is 19.8 Å². The Morgan fingerprint density at radius 1 is 1.38 bits per heavy atom. The number of aliphatic hydroxyl groups excluding tert-OH is 1. The molecule has 0 unspecified atom stereocenters. The van der Waals surface area contributed by atoms with Crippen LogP contribution in [0, 0.1) is 5.41 Å². The number of carbonyl (C=O) groups excluding carboxylic acids is 2. The molecule has 0 radical (unpaired) electrons. The summed E-state index contributed by atoms with van der Waals surface area (Å²) < 4.78 is 5.24. The second-order valence-electron chi connectivity index (χ2n) is 8.18. The van der Waals surface area contributed by atoms with Crippen molar-refractivity contribution in [2.75, 3.05) is 13.1 Å². The molecule has 1 aromatic heterocycles. The van der Waals surface area contributed by atoms with Crippen LogP contribution in [0.3, 0.4) is 0 Å². The number of aliphatic hydroxyl groups is 1. The van der Waals surface area contributed by atoms with Crippen molar-refractivity contribution in [3.8, 4) is 0 Å². The SMILES string of the molecule is CCCc1cc(C(=O)N2CCC[C@]3(C[C@@H](O)[C@H](c4ccccc4)NC3=O)C2)on1. The van der Waals surface area contributed by atoms with Crippen LogP contribution in [0.25, 0.3) is 0 Å². The molecule has 7 nitrogen and oxygen atoms in total. The van der Waals surface area contributed by atoms with Crippen LogP contribution < -0.4 is 5.32 Å². The zero-order chi connectivity index (χ0) is 20.4. The van der Waals surface area contributed by atoms with E-state index in [1.165, 1.54) is 0 Å². The van der Waals surface area contributed by atoms with Gasteiger partial charge in [-0.05, 0) is 31.2 Å². The van der Waals surface area contributed by atoms with Crippen molar-refractivity contribution in [3.63, 3.8) is 0 Å². The van der Waals surface area contributed by atoms with Crippen LogP contribution in [-0.4, -0.2) is 46.2 Å². The molecule has 2 aliphatic heterocycles. The van der Waals surface area contributed by atoms with E-state index in [1.807, 2.05) is 37.3 Å². The summed E-state index contributed by atoms with van der Waals surface area (Å²) in [5, 5.41) is 17.8. The van der Waals surface area contributed by atoms with Crippen molar-refractivity contribution in [1.82, 2.24) is 15.4 Å². The zero-order valence-corrected chi connectivity index (χ0v) is 16.6. The number of aryl methyl sites for hydroxylation is 1. The maximum absolute atomic E-state index is 13.1. The van der Waals surface area contributed by atoms with E-state index in [0.29, 0.717) is 25.8 Å². The molecule has 1 spiro atoms. The van der Waals surface area contributed by atoms with Gasteiger partial charge in [-0.25, -0.2) is 0 Å². The highest BCUT2D eigenvalue weighted by atomic mass is 16.5. The Balaban J connectivity index is 1.49. The van der Waals surface area contributed by atoms with Gasteiger partial charge in [-0.15, -0.1) is 0 Å². The van der Waals surface area contributed by atoms with E-state index in [0.717, 1.165) is 24.1 Å². The highest BCUT2D eigenvalue weighted by Crippen LogP contribution is 2.41. The van der Waals surface area contributed by atoms with Crippen molar-refractivity contribution in [2.24, 2.45) is 5.41 Å². The smallest absolute Gasteiger partial charge is 0.292 e. The van der Waals surface area contributed by atoms with Crippen LogP contribution >= 0.6 is 0 Å². The summed E-state index contributed by atoms with van der Waals surface area (Å²) in [6, 6.07) is 10.8. The average Bonchev–Trinajstić information content (AvgIpc) is 3.20. The van der Waals surface area contributed by atoms with Crippen LogP contribution in [0.15, 0.2) is 40.9 Å². The summed E-state index contributed by atoms with van der Waals surface area (Å²) in [6.45, 7) is 2.89. The maximum Gasteiger partial charge on any atom is 0.292 e. The van der Waals surface area contributed by atoms with Gasteiger partial charge in [0.05, 0.1) is 23.3 Å². The molecule has 2 aliphatic rings. The summed E-state index contributed by atoms with van der Waals surface area (Å²) in [6.07, 6.45) is 2.67. The standard InChI is InChI=1S/C22H27N3O4/c1-2-7-16-12-18(29-24-16)20(27)25-11-6-10-22(14-25)13-17(26)19(23-21(22)28)15-8-4-3-5-9-15/h3-5,8-9,12,17,19,26H,2,6-7,10-11,13-14H2,1H3,(H,23,28)/t17-,19+,22+/m1/s1. The van der Waals surface area contributed by atoms with Crippen LogP contribution in [-0.2, 0) is 11.2 Å². The Morgan fingerprint density at radius 2 is 2.17 bits per heavy atom. The molecule has 3 heterocycles. The Bertz CT molecular complexity index is 881. The first-order chi connectivity index (χ1) is 14.0. The van der Waals surface area contributed by atoms with Crippen LogP contribution in [0.5, 0.6) is 0 Å². The number of rotatable bonds is 4. The summed E-state index contributed by atoms with van der Waals surface area (Å²) in [5.74, 6) is -0.130. The van der Waals surface area contributed by atoms with Crippen LogP contribution in [0.2, 0.25) is 0 Å². The molecule has 4 rings (SSSR count). The lowest BCUT2D eigenvalue weighted by molar-refractivity contribution is -0.144. The van der Waals surface area contributed by atoms with Crippen molar-refractivity contribution < 1.29 is 19.2 Å². The van der Waals surface area contributed by atoms with Gasteiger partial charge in [-0.1, -0.05) is 48.8 Å². The Morgan fingerprint density at radius 3 is 2.93 bits per heavy atom. The lowest BCUT2D eigenvalue weighted by Gasteiger charge is -2.47. The Hall–Kier alpha value is -2.67. The third-order valence-corrected chi connectivity index (χ3v) is 6.05. The van der Waals surface area contributed by atoms with E-state index in [1.54, 1.807) is 11.0 Å². The van der Waals surface area contributed by atoms with Crippen molar-refractivity contribution >= 4 is 11.8 Å². The van der Waals surface area contributed by atoms with Crippen LogP contribution in [0.1, 0.15) is 60.5 Å². The van der Waals surface area contributed by atoms with E-state index in [4.69, 9.17) is 4.52 Å². The second-order valence-corrected chi connectivity index (χ2v) is 8.18. The number of piperidine rings is 2. The topological polar surface area (TPSA) is 95.7 Å². The molecule has 1 aromatic carbocycles. The number of hydrogen-bond donors (Lipinski definition) is 2. The van der Waals surface area contributed by atoms with Crippen molar-refractivity contribution in [2.45, 2.75) is 51.2 Å². The first-order valence-corrected chi connectivity index (χ1v) is 10.3. The van der Waals surface area contributed by atoms with E-state index in [2.05, 4.69) is 10.5 Å². The Labute approximate surface area is 170 Å². The van der Waals surface area contributed by atoms with E-state index < -0.39 is 17.6 Å². The van der Waals surface area contributed by atoms with E-state index in [9.17, 15) is 14.7 Å². The molecule has 2 aromatic rings. The first kappa shape index (κ1) is 19.6. The molecule has 7 heteroatoms. The lowest BCUT2D eigenvalue weighted by Crippen LogP contribution is -2.60. The van der Waals surface area contributed by atoms with E-state index >= 15 is 0 Å². The predicted octanol–water partition coefficient (Wildman–Crippen LogP) is 2.47. The number of amides is 2. The molecular formula is C22H27N3O4. The quantitative estimate of drug-likeness (QED) is 0.826. The molecule has 3 atom stereocenters. The third kappa shape index (κ3) is 3.79. The number of benzene rings is 1. The number of nitrogens with one attached hydrogen (secondary N) is 1. The fraction of sp³-hybridized carbons (Fsp3) is 0.500. The third-order valence-electron chi connectivity index (χ3n) is 6.05. The van der Waals surface area contributed by atoms with Gasteiger partial charge in [0.2, 0.25) is 11.7 Å². The first-order valence-electron chi connectivity index (χ1n) is 10.3. The molecule has 0 bridgehead atoms.